The van der Waals surface area contributed by atoms with Crippen LogP contribution in [0.4, 0.5) is 5.69 Å². The SMILES string of the molecule is Cc1cccc(N2CCN(C(=O)c3cc4cc(Br)ccc4[nH]3)CC2)c1C. The van der Waals surface area contributed by atoms with E-state index in [1.165, 1.54) is 16.8 Å². The van der Waals surface area contributed by atoms with Gasteiger partial charge in [0.2, 0.25) is 0 Å². The van der Waals surface area contributed by atoms with Crippen LogP contribution in [-0.2, 0) is 0 Å². The highest BCUT2D eigenvalue weighted by molar-refractivity contribution is 9.10. The number of carbonyl (C=O) groups excluding carboxylic acids is 1. The van der Waals surface area contributed by atoms with Crippen molar-refractivity contribution >= 4 is 38.4 Å². The molecule has 1 aliphatic heterocycles. The third-order valence-electron chi connectivity index (χ3n) is 5.30. The first-order valence-corrected chi connectivity index (χ1v) is 9.71. The lowest BCUT2D eigenvalue weighted by molar-refractivity contribution is 0.0742. The number of carbonyl (C=O) groups is 1. The summed E-state index contributed by atoms with van der Waals surface area (Å²) in [6.45, 7) is 7.53. The zero-order chi connectivity index (χ0) is 18.3. The molecule has 134 valence electrons. The molecule has 0 unspecified atom stereocenters. The quantitative estimate of drug-likeness (QED) is 0.673. The molecule has 2 heterocycles. The van der Waals surface area contributed by atoms with Crippen LogP contribution >= 0.6 is 15.9 Å². The normalized spacial score (nSPS) is 14.9. The van der Waals surface area contributed by atoms with Gasteiger partial charge in [0.1, 0.15) is 5.69 Å². The van der Waals surface area contributed by atoms with Gasteiger partial charge in [-0.1, -0.05) is 28.1 Å². The molecule has 1 N–H and O–H groups in total. The van der Waals surface area contributed by atoms with Crippen molar-refractivity contribution in [2.75, 3.05) is 31.1 Å². The molecule has 0 spiro atoms. The summed E-state index contributed by atoms with van der Waals surface area (Å²) in [6.07, 6.45) is 0. The molecule has 0 bridgehead atoms. The van der Waals surface area contributed by atoms with E-state index in [1.807, 2.05) is 29.2 Å². The lowest BCUT2D eigenvalue weighted by atomic mass is 10.1. The minimum atomic E-state index is 0.0814. The van der Waals surface area contributed by atoms with Crippen molar-refractivity contribution < 1.29 is 4.79 Å². The Hall–Kier alpha value is -2.27. The van der Waals surface area contributed by atoms with Crippen LogP contribution < -0.4 is 4.90 Å². The number of halogens is 1. The minimum Gasteiger partial charge on any atom is -0.368 e. The molecule has 2 aromatic carbocycles. The van der Waals surface area contributed by atoms with Crippen molar-refractivity contribution in [3.05, 3.63) is 63.8 Å². The van der Waals surface area contributed by atoms with Crippen LogP contribution in [0.2, 0.25) is 0 Å². The number of amides is 1. The number of nitrogens with zero attached hydrogens (tertiary/aromatic N) is 2. The van der Waals surface area contributed by atoms with Crippen LogP contribution in [0.5, 0.6) is 0 Å². The van der Waals surface area contributed by atoms with Crippen molar-refractivity contribution in [1.82, 2.24) is 9.88 Å². The Kier molecular flexibility index (Phi) is 4.49. The Balaban J connectivity index is 1.48. The number of aromatic nitrogens is 1. The molecule has 1 fully saturated rings. The van der Waals surface area contributed by atoms with Gasteiger partial charge in [-0.3, -0.25) is 4.79 Å². The molecule has 1 aromatic heterocycles. The van der Waals surface area contributed by atoms with Crippen LogP contribution in [0.3, 0.4) is 0 Å². The van der Waals surface area contributed by atoms with Gasteiger partial charge in [-0.25, -0.2) is 0 Å². The highest BCUT2D eigenvalue weighted by Gasteiger charge is 2.24. The Labute approximate surface area is 161 Å². The number of H-pyrrole nitrogens is 1. The monoisotopic (exact) mass is 411 g/mol. The lowest BCUT2D eigenvalue weighted by Gasteiger charge is -2.36. The standard InChI is InChI=1S/C21H22BrN3O/c1-14-4-3-5-20(15(14)2)24-8-10-25(11-9-24)21(26)19-13-16-12-17(22)6-7-18(16)23-19/h3-7,12-13,23H,8-11H2,1-2H3. The predicted molar refractivity (Wildman–Crippen MR) is 110 cm³/mol. The van der Waals surface area contributed by atoms with Crippen LogP contribution in [-0.4, -0.2) is 42.0 Å². The second-order valence-electron chi connectivity index (χ2n) is 6.91. The second-order valence-corrected chi connectivity index (χ2v) is 7.83. The highest BCUT2D eigenvalue weighted by atomic mass is 79.9. The minimum absolute atomic E-state index is 0.0814. The summed E-state index contributed by atoms with van der Waals surface area (Å²) < 4.78 is 1.02. The van der Waals surface area contributed by atoms with E-state index in [2.05, 4.69) is 57.9 Å². The zero-order valence-electron chi connectivity index (χ0n) is 15.1. The van der Waals surface area contributed by atoms with E-state index in [1.54, 1.807) is 0 Å². The van der Waals surface area contributed by atoms with Gasteiger partial charge in [0.25, 0.3) is 5.91 Å². The largest absolute Gasteiger partial charge is 0.368 e. The van der Waals surface area contributed by atoms with E-state index in [0.717, 1.165) is 41.6 Å². The smallest absolute Gasteiger partial charge is 0.270 e. The Bertz CT molecular complexity index is 971. The van der Waals surface area contributed by atoms with E-state index in [9.17, 15) is 4.79 Å². The fourth-order valence-electron chi connectivity index (χ4n) is 3.62. The molecular formula is C21H22BrN3O. The number of hydrogen-bond acceptors (Lipinski definition) is 2. The fourth-order valence-corrected chi connectivity index (χ4v) is 4.00. The molecule has 1 amide bonds. The molecule has 0 radical (unpaired) electrons. The molecule has 3 aromatic rings. The molecule has 26 heavy (non-hydrogen) atoms. The van der Waals surface area contributed by atoms with Crippen molar-refractivity contribution in [2.45, 2.75) is 13.8 Å². The molecule has 4 nitrogen and oxygen atoms in total. The highest BCUT2D eigenvalue weighted by Crippen LogP contribution is 2.25. The van der Waals surface area contributed by atoms with Gasteiger partial charge in [0.05, 0.1) is 0 Å². The van der Waals surface area contributed by atoms with E-state index < -0.39 is 0 Å². The molecule has 0 saturated carbocycles. The number of piperazine rings is 1. The molecule has 0 aliphatic carbocycles. The Morgan fingerprint density at radius 1 is 1.04 bits per heavy atom. The first-order chi connectivity index (χ1) is 12.5. The van der Waals surface area contributed by atoms with Gasteiger partial charge in [-0.15, -0.1) is 0 Å². The number of rotatable bonds is 2. The topological polar surface area (TPSA) is 39.3 Å². The summed E-state index contributed by atoms with van der Waals surface area (Å²) in [6, 6.07) is 14.4. The van der Waals surface area contributed by atoms with Crippen molar-refractivity contribution in [2.24, 2.45) is 0 Å². The van der Waals surface area contributed by atoms with Gasteiger partial charge in [-0.05, 0) is 55.3 Å². The lowest BCUT2D eigenvalue weighted by Crippen LogP contribution is -2.49. The summed E-state index contributed by atoms with van der Waals surface area (Å²) in [4.78, 5) is 20.5. The summed E-state index contributed by atoms with van der Waals surface area (Å²) in [5.74, 6) is 0.0814. The van der Waals surface area contributed by atoms with E-state index in [-0.39, 0.29) is 5.91 Å². The van der Waals surface area contributed by atoms with Gasteiger partial charge < -0.3 is 14.8 Å². The van der Waals surface area contributed by atoms with Gasteiger partial charge in [-0.2, -0.15) is 0 Å². The number of nitrogens with one attached hydrogen (secondary N) is 1. The van der Waals surface area contributed by atoms with Gasteiger partial charge in [0.15, 0.2) is 0 Å². The van der Waals surface area contributed by atoms with Gasteiger partial charge in [0, 0.05) is 47.2 Å². The maximum absolute atomic E-state index is 12.9. The first-order valence-electron chi connectivity index (χ1n) is 8.91. The average molecular weight is 412 g/mol. The Morgan fingerprint density at radius 2 is 1.81 bits per heavy atom. The molecule has 5 heteroatoms. The van der Waals surface area contributed by atoms with E-state index >= 15 is 0 Å². The summed E-state index contributed by atoms with van der Waals surface area (Å²) in [5.41, 5.74) is 5.58. The number of aromatic amines is 1. The fraction of sp³-hybridized carbons (Fsp3) is 0.286. The number of fused-ring (bicyclic) bond motifs is 1. The van der Waals surface area contributed by atoms with Crippen molar-refractivity contribution in [3.63, 3.8) is 0 Å². The van der Waals surface area contributed by atoms with E-state index in [4.69, 9.17) is 0 Å². The van der Waals surface area contributed by atoms with Gasteiger partial charge >= 0.3 is 0 Å². The molecule has 1 saturated heterocycles. The van der Waals surface area contributed by atoms with Crippen LogP contribution in [0.1, 0.15) is 21.6 Å². The van der Waals surface area contributed by atoms with Crippen LogP contribution in [0.25, 0.3) is 10.9 Å². The van der Waals surface area contributed by atoms with Crippen LogP contribution in [0, 0.1) is 13.8 Å². The zero-order valence-corrected chi connectivity index (χ0v) is 16.6. The maximum atomic E-state index is 12.9. The summed E-state index contributed by atoms with van der Waals surface area (Å²) in [5, 5.41) is 1.05. The van der Waals surface area contributed by atoms with Crippen LogP contribution in [0.15, 0.2) is 46.9 Å². The number of anilines is 1. The second kappa shape index (κ2) is 6.80. The van der Waals surface area contributed by atoms with E-state index in [0.29, 0.717) is 5.69 Å². The van der Waals surface area contributed by atoms with Crippen molar-refractivity contribution in [1.29, 1.82) is 0 Å². The summed E-state index contributed by atoms with van der Waals surface area (Å²) in [7, 11) is 0. The Morgan fingerprint density at radius 3 is 2.58 bits per heavy atom. The predicted octanol–water partition coefficient (Wildman–Crippen LogP) is 4.51. The maximum Gasteiger partial charge on any atom is 0.270 e. The molecule has 0 atom stereocenters. The number of benzene rings is 2. The molecule has 4 rings (SSSR count). The van der Waals surface area contributed by atoms with Crippen molar-refractivity contribution in [3.8, 4) is 0 Å². The number of hydrogen-bond donors (Lipinski definition) is 1. The average Bonchev–Trinajstić information content (AvgIpc) is 3.07. The number of aryl methyl sites for hydroxylation is 1. The molecule has 1 aliphatic rings. The molecular weight excluding hydrogens is 390 g/mol. The third kappa shape index (κ3) is 3.12. The third-order valence-corrected chi connectivity index (χ3v) is 5.79. The first kappa shape index (κ1) is 17.2. The summed E-state index contributed by atoms with van der Waals surface area (Å²) >= 11 is 3.48.